The Bertz CT molecular complexity index is 1020. The molecule has 2 aromatic heterocycles. The number of rotatable bonds is 1. The first-order valence-corrected chi connectivity index (χ1v) is 9.84. The molecular formula is C20H19N3O3S. The van der Waals surface area contributed by atoms with Gasteiger partial charge in [0.1, 0.15) is 10.6 Å². The van der Waals surface area contributed by atoms with Crippen molar-refractivity contribution >= 4 is 27.6 Å². The summed E-state index contributed by atoms with van der Waals surface area (Å²) < 4.78 is 12.3. The molecule has 2 aliphatic rings. The highest BCUT2D eigenvalue weighted by Gasteiger charge is 2.41. The predicted molar refractivity (Wildman–Crippen MR) is 104 cm³/mol. The smallest absolute Gasteiger partial charge is 0.314 e. The van der Waals surface area contributed by atoms with E-state index in [9.17, 15) is 4.79 Å². The number of urea groups is 1. The van der Waals surface area contributed by atoms with Crippen molar-refractivity contribution in [3.8, 4) is 16.9 Å². The van der Waals surface area contributed by atoms with Crippen LogP contribution in [0.4, 0.5) is 4.79 Å². The molecule has 2 amide bonds. The van der Waals surface area contributed by atoms with Crippen LogP contribution in [0.15, 0.2) is 41.9 Å². The molecule has 1 fully saturated rings. The zero-order valence-electron chi connectivity index (χ0n) is 14.7. The third kappa shape index (κ3) is 2.93. The zero-order chi connectivity index (χ0) is 18.4. The average Bonchev–Trinajstić information content (AvgIpc) is 3.16. The molecule has 4 heterocycles. The number of likely N-dealkylation sites (tertiary alicyclic amines) is 1. The lowest BCUT2D eigenvalue weighted by Gasteiger charge is -2.43. The van der Waals surface area contributed by atoms with Gasteiger partial charge in [-0.1, -0.05) is 6.07 Å². The zero-order valence-corrected chi connectivity index (χ0v) is 15.5. The molecule has 138 valence electrons. The van der Waals surface area contributed by atoms with Crippen LogP contribution in [-0.2, 0) is 11.3 Å². The van der Waals surface area contributed by atoms with Crippen molar-refractivity contribution in [1.29, 1.82) is 0 Å². The summed E-state index contributed by atoms with van der Waals surface area (Å²) in [4.78, 5) is 18.5. The first-order chi connectivity index (χ1) is 13.1. The van der Waals surface area contributed by atoms with Crippen LogP contribution < -0.4 is 10.5 Å². The lowest BCUT2D eigenvalue weighted by atomic mass is 9.99. The minimum Gasteiger partial charge on any atom is -0.462 e. The van der Waals surface area contributed by atoms with E-state index >= 15 is 0 Å². The van der Waals surface area contributed by atoms with Gasteiger partial charge in [-0.05, 0) is 35.2 Å². The number of ether oxygens (including phenoxy) is 2. The molecule has 0 bridgehead atoms. The number of carbonyl (C=O) groups excluding carboxylic acids is 1. The lowest BCUT2D eigenvalue weighted by molar-refractivity contribution is -0.225. The Morgan fingerprint density at radius 2 is 2.04 bits per heavy atom. The van der Waals surface area contributed by atoms with E-state index in [1.807, 2.05) is 12.3 Å². The molecule has 6 nitrogen and oxygen atoms in total. The van der Waals surface area contributed by atoms with Crippen LogP contribution in [0.2, 0.25) is 0 Å². The Kier molecular flexibility index (Phi) is 3.80. The lowest BCUT2D eigenvalue weighted by Crippen LogP contribution is -2.53. The van der Waals surface area contributed by atoms with Gasteiger partial charge in [0.25, 0.3) is 0 Å². The van der Waals surface area contributed by atoms with Crippen LogP contribution in [0.1, 0.15) is 18.4 Å². The van der Waals surface area contributed by atoms with Gasteiger partial charge in [-0.15, -0.1) is 11.3 Å². The van der Waals surface area contributed by atoms with E-state index in [4.69, 9.17) is 15.2 Å². The number of hydrogen-bond acceptors (Lipinski definition) is 5. The minimum atomic E-state index is -0.655. The number of nitrogens with two attached hydrogens (primary N) is 1. The molecule has 5 rings (SSSR count). The van der Waals surface area contributed by atoms with E-state index in [0.29, 0.717) is 32.5 Å². The first kappa shape index (κ1) is 16.5. The number of fused-ring (bicyclic) bond motifs is 2. The Hall–Kier alpha value is -2.64. The molecule has 27 heavy (non-hydrogen) atoms. The average molecular weight is 381 g/mol. The van der Waals surface area contributed by atoms with Crippen LogP contribution in [0.3, 0.4) is 0 Å². The van der Waals surface area contributed by atoms with Crippen LogP contribution >= 0.6 is 11.3 Å². The third-order valence-corrected chi connectivity index (χ3v) is 6.16. The highest BCUT2D eigenvalue weighted by molar-refractivity contribution is 7.16. The number of piperidine rings is 1. The molecule has 3 aromatic rings. The Morgan fingerprint density at radius 3 is 2.85 bits per heavy atom. The summed E-state index contributed by atoms with van der Waals surface area (Å²) in [5.74, 6) is 0.194. The predicted octanol–water partition coefficient (Wildman–Crippen LogP) is 3.74. The standard InChI is InChI=1S/C20H19N3O3S/c21-19(24)23-6-4-20(5-7-23)25-12-16-9-13(1-2-17(16)26-20)15-10-14-3-8-27-18(14)22-11-15/h1-3,8-11H,4-7,12H2,(H2,21,24). The number of thiophene rings is 1. The van der Waals surface area contributed by atoms with E-state index in [1.54, 1.807) is 16.2 Å². The Balaban J connectivity index is 1.39. The van der Waals surface area contributed by atoms with Crippen LogP contribution in [-0.4, -0.2) is 34.8 Å². The molecular weight excluding hydrogens is 362 g/mol. The van der Waals surface area contributed by atoms with Crippen molar-refractivity contribution in [2.75, 3.05) is 13.1 Å². The largest absolute Gasteiger partial charge is 0.462 e. The third-order valence-electron chi connectivity index (χ3n) is 5.32. The molecule has 0 unspecified atom stereocenters. The monoisotopic (exact) mass is 381 g/mol. The molecule has 1 saturated heterocycles. The molecule has 2 aliphatic heterocycles. The summed E-state index contributed by atoms with van der Waals surface area (Å²) in [5.41, 5.74) is 8.57. The Morgan fingerprint density at radius 1 is 1.19 bits per heavy atom. The van der Waals surface area contributed by atoms with E-state index < -0.39 is 5.79 Å². The highest BCUT2D eigenvalue weighted by Crippen LogP contribution is 2.39. The summed E-state index contributed by atoms with van der Waals surface area (Å²) in [6.45, 7) is 1.60. The van der Waals surface area contributed by atoms with Crippen molar-refractivity contribution < 1.29 is 14.3 Å². The summed E-state index contributed by atoms with van der Waals surface area (Å²) in [5, 5.41) is 3.21. The van der Waals surface area contributed by atoms with Gasteiger partial charge in [0.2, 0.25) is 5.79 Å². The van der Waals surface area contributed by atoms with Gasteiger partial charge in [-0.3, -0.25) is 0 Å². The van der Waals surface area contributed by atoms with Gasteiger partial charge in [0.15, 0.2) is 0 Å². The normalized spacial score (nSPS) is 18.3. The van der Waals surface area contributed by atoms with Crippen molar-refractivity contribution in [2.24, 2.45) is 5.73 Å². The van der Waals surface area contributed by atoms with Crippen molar-refractivity contribution in [2.45, 2.75) is 25.2 Å². The SMILES string of the molecule is NC(=O)N1CCC2(CC1)OCc1cc(-c3cnc4sccc4c3)ccc1O2. The fourth-order valence-electron chi connectivity index (χ4n) is 3.74. The molecule has 1 aromatic carbocycles. The highest BCUT2D eigenvalue weighted by atomic mass is 32.1. The second-order valence-corrected chi connectivity index (χ2v) is 7.88. The van der Waals surface area contributed by atoms with E-state index in [0.717, 1.165) is 32.7 Å². The number of aromatic nitrogens is 1. The fourth-order valence-corrected chi connectivity index (χ4v) is 4.46. The maximum atomic E-state index is 11.3. The maximum Gasteiger partial charge on any atom is 0.314 e. The number of hydrogen-bond donors (Lipinski definition) is 1. The van der Waals surface area contributed by atoms with Crippen LogP contribution in [0.5, 0.6) is 5.75 Å². The number of benzene rings is 1. The van der Waals surface area contributed by atoms with Crippen LogP contribution in [0, 0.1) is 0 Å². The Labute approximate surface area is 160 Å². The quantitative estimate of drug-likeness (QED) is 0.696. The van der Waals surface area contributed by atoms with Crippen molar-refractivity contribution in [3.05, 3.63) is 47.5 Å². The van der Waals surface area contributed by atoms with Gasteiger partial charge < -0.3 is 20.1 Å². The minimum absolute atomic E-state index is 0.387. The maximum absolute atomic E-state index is 11.3. The number of pyridine rings is 1. The molecule has 0 aliphatic carbocycles. The second kappa shape index (κ2) is 6.21. The number of carbonyl (C=O) groups is 1. The van der Waals surface area contributed by atoms with E-state index in [1.165, 1.54) is 0 Å². The first-order valence-electron chi connectivity index (χ1n) is 8.96. The van der Waals surface area contributed by atoms with Gasteiger partial charge in [-0.25, -0.2) is 9.78 Å². The van der Waals surface area contributed by atoms with Crippen molar-refractivity contribution in [1.82, 2.24) is 9.88 Å². The molecule has 1 spiro atoms. The summed E-state index contributed by atoms with van der Waals surface area (Å²) in [6.07, 6.45) is 3.15. The molecule has 2 N–H and O–H groups in total. The molecule has 7 heteroatoms. The van der Waals surface area contributed by atoms with Gasteiger partial charge in [0.05, 0.1) is 6.61 Å². The molecule has 0 saturated carbocycles. The number of amides is 2. The molecule has 0 radical (unpaired) electrons. The van der Waals surface area contributed by atoms with Gasteiger partial charge >= 0.3 is 6.03 Å². The molecule has 0 atom stereocenters. The summed E-state index contributed by atoms with van der Waals surface area (Å²) >= 11 is 1.64. The topological polar surface area (TPSA) is 77.7 Å². The van der Waals surface area contributed by atoms with E-state index in [2.05, 4.69) is 34.6 Å². The van der Waals surface area contributed by atoms with Crippen molar-refractivity contribution in [3.63, 3.8) is 0 Å². The van der Waals surface area contributed by atoms with Gasteiger partial charge in [-0.2, -0.15) is 0 Å². The summed E-state index contributed by atoms with van der Waals surface area (Å²) in [6, 6.07) is 10.0. The van der Waals surface area contributed by atoms with Crippen LogP contribution in [0.25, 0.3) is 21.3 Å². The van der Waals surface area contributed by atoms with E-state index in [-0.39, 0.29) is 6.03 Å². The number of primary amides is 1. The summed E-state index contributed by atoms with van der Waals surface area (Å²) in [7, 11) is 0. The fraction of sp³-hybridized carbons (Fsp3) is 0.300. The number of nitrogens with zero attached hydrogens (tertiary/aromatic N) is 2. The van der Waals surface area contributed by atoms with Gasteiger partial charge in [0, 0.05) is 48.6 Å². The second-order valence-electron chi connectivity index (χ2n) is 6.99.